The van der Waals surface area contributed by atoms with Gasteiger partial charge in [0.05, 0.1) is 6.54 Å². The van der Waals surface area contributed by atoms with Crippen LogP contribution < -0.4 is 5.32 Å². The van der Waals surface area contributed by atoms with Gasteiger partial charge in [-0.25, -0.2) is 4.39 Å². The van der Waals surface area contributed by atoms with Crippen molar-refractivity contribution in [3.05, 3.63) is 65.5 Å². The number of anilines is 1. The minimum Gasteiger partial charge on any atom is -0.325 e. The van der Waals surface area contributed by atoms with Crippen molar-refractivity contribution in [2.45, 2.75) is 13.3 Å². The van der Waals surface area contributed by atoms with Crippen molar-refractivity contribution in [1.82, 2.24) is 9.80 Å². The Morgan fingerprint density at radius 3 is 2.46 bits per heavy atom. The maximum atomic E-state index is 13.3. The van der Waals surface area contributed by atoms with Crippen LogP contribution in [0.1, 0.15) is 11.1 Å². The van der Waals surface area contributed by atoms with Gasteiger partial charge < -0.3 is 10.2 Å². The molecule has 1 amide bonds. The summed E-state index contributed by atoms with van der Waals surface area (Å²) in [5, 5.41) is 2.82. The third-order valence-corrected chi connectivity index (χ3v) is 4.87. The molecule has 0 bridgehead atoms. The van der Waals surface area contributed by atoms with Gasteiger partial charge in [-0.1, -0.05) is 36.4 Å². The molecule has 1 fully saturated rings. The van der Waals surface area contributed by atoms with E-state index in [0.717, 1.165) is 44.7 Å². The van der Waals surface area contributed by atoms with Gasteiger partial charge in [0.15, 0.2) is 0 Å². The standard InChI is InChI=1S/C21H26FN3O/c1-17-7-8-19(22)15-20(17)23-21(26)16-25-13-11-24(12-14-25)10-9-18-5-3-2-4-6-18/h2-8,15H,9-14,16H2,1H3,(H,23,26). The fraction of sp³-hybridized carbons (Fsp3) is 0.381. The van der Waals surface area contributed by atoms with Gasteiger partial charge >= 0.3 is 0 Å². The number of hydrogen-bond acceptors (Lipinski definition) is 3. The summed E-state index contributed by atoms with van der Waals surface area (Å²) in [4.78, 5) is 16.8. The molecule has 0 spiro atoms. The zero-order valence-electron chi connectivity index (χ0n) is 15.2. The van der Waals surface area contributed by atoms with Crippen molar-refractivity contribution >= 4 is 11.6 Å². The molecular weight excluding hydrogens is 329 g/mol. The zero-order chi connectivity index (χ0) is 18.4. The van der Waals surface area contributed by atoms with Gasteiger partial charge in [0.2, 0.25) is 5.91 Å². The Morgan fingerprint density at radius 1 is 1.04 bits per heavy atom. The number of piperazine rings is 1. The quantitative estimate of drug-likeness (QED) is 0.865. The first-order valence-corrected chi connectivity index (χ1v) is 9.15. The monoisotopic (exact) mass is 355 g/mol. The molecular formula is C21H26FN3O. The van der Waals surface area contributed by atoms with Gasteiger partial charge in [0.1, 0.15) is 5.82 Å². The molecule has 0 atom stereocenters. The average Bonchev–Trinajstić information content (AvgIpc) is 2.65. The molecule has 0 aliphatic carbocycles. The predicted octanol–water partition coefficient (Wildman–Crippen LogP) is 2.93. The molecule has 26 heavy (non-hydrogen) atoms. The first kappa shape index (κ1) is 18.5. The van der Waals surface area contributed by atoms with Crippen LogP contribution >= 0.6 is 0 Å². The van der Waals surface area contributed by atoms with Gasteiger partial charge in [0.25, 0.3) is 0 Å². The summed E-state index contributed by atoms with van der Waals surface area (Å²) in [6, 6.07) is 15.0. The van der Waals surface area contributed by atoms with Crippen molar-refractivity contribution in [3.63, 3.8) is 0 Å². The van der Waals surface area contributed by atoms with Crippen LogP contribution in [-0.2, 0) is 11.2 Å². The zero-order valence-corrected chi connectivity index (χ0v) is 15.2. The molecule has 1 heterocycles. The highest BCUT2D eigenvalue weighted by molar-refractivity contribution is 5.92. The lowest BCUT2D eigenvalue weighted by Crippen LogP contribution is -2.49. The molecule has 1 N–H and O–H groups in total. The second-order valence-electron chi connectivity index (χ2n) is 6.86. The van der Waals surface area contributed by atoms with E-state index in [2.05, 4.69) is 39.4 Å². The number of rotatable bonds is 6. The second kappa shape index (κ2) is 8.92. The molecule has 2 aromatic carbocycles. The van der Waals surface area contributed by atoms with Crippen molar-refractivity contribution in [3.8, 4) is 0 Å². The SMILES string of the molecule is Cc1ccc(F)cc1NC(=O)CN1CCN(CCc2ccccc2)CC1. The highest BCUT2D eigenvalue weighted by atomic mass is 19.1. The molecule has 4 nitrogen and oxygen atoms in total. The Bertz CT molecular complexity index is 727. The van der Waals surface area contributed by atoms with Crippen LogP contribution in [0.4, 0.5) is 10.1 Å². The van der Waals surface area contributed by atoms with E-state index >= 15 is 0 Å². The molecule has 2 aromatic rings. The minimum absolute atomic E-state index is 0.0866. The van der Waals surface area contributed by atoms with Gasteiger partial charge in [-0.2, -0.15) is 0 Å². The van der Waals surface area contributed by atoms with Gasteiger partial charge in [0, 0.05) is 38.4 Å². The summed E-state index contributed by atoms with van der Waals surface area (Å²) >= 11 is 0. The third kappa shape index (κ3) is 5.38. The minimum atomic E-state index is -0.335. The summed E-state index contributed by atoms with van der Waals surface area (Å²) < 4.78 is 13.3. The number of aryl methyl sites for hydroxylation is 1. The molecule has 0 saturated carbocycles. The summed E-state index contributed by atoms with van der Waals surface area (Å²) in [5.74, 6) is -0.422. The van der Waals surface area contributed by atoms with Crippen LogP contribution in [0.2, 0.25) is 0 Å². The predicted molar refractivity (Wildman–Crippen MR) is 103 cm³/mol. The third-order valence-electron chi connectivity index (χ3n) is 4.87. The lowest BCUT2D eigenvalue weighted by atomic mass is 10.1. The molecule has 0 aromatic heterocycles. The highest BCUT2D eigenvalue weighted by Crippen LogP contribution is 2.16. The molecule has 1 aliphatic rings. The summed E-state index contributed by atoms with van der Waals surface area (Å²) in [6.07, 6.45) is 1.06. The number of carbonyl (C=O) groups excluding carboxylic acids is 1. The average molecular weight is 355 g/mol. The van der Waals surface area contributed by atoms with E-state index in [1.165, 1.54) is 17.7 Å². The maximum Gasteiger partial charge on any atom is 0.238 e. The number of amides is 1. The molecule has 138 valence electrons. The topological polar surface area (TPSA) is 35.6 Å². The smallest absolute Gasteiger partial charge is 0.238 e. The van der Waals surface area contributed by atoms with E-state index in [4.69, 9.17) is 0 Å². The number of hydrogen-bond donors (Lipinski definition) is 1. The number of nitrogens with one attached hydrogen (secondary N) is 1. The maximum absolute atomic E-state index is 13.3. The molecule has 1 saturated heterocycles. The summed E-state index contributed by atoms with van der Waals surface area (Å²) in [6.45, 7) is 6.96. The number of carbonyl (C=O) groups is 1. The Labute approximate surface area is 154 Å². The van der Waals surface area contributed by atoms with Crippen molar-refractivity contribution in [2.75, 3.05) is 44.6 Å². The van der Waals surface area contributed by atoms with E-state index in [9.17, 15) is 9.18 Å². The van der Waals surface area contributed by atoms with Crippen LogP contribution in [0, 0.1) is 12.7 Å². The first-order valence-electron chi connectivity index (χ1n) is 9.15. The largest absolute Gasteiger partial charge is 0.325 e. The number of benzene rings is 2. The molecule has 0 radical (unpaired) electrons. The highest BCUT2D eigenvalue weighted by Gasteiger charge is 2.19. The lowest BCUT2D eigenvalue weighted by molar-refractivity contribution is -0.117. The van der Waals surface area contributed by atoms with Crippen LogP contribution in [0.15, 0.2) is 48.5 Å². The first-order chi connectivity index (χ1) is 12.6. The van der Waals surface area contributed by atoms with Crippen molar-refractivity contribution in [2.24, 2.45) is 0 Å². The van der Waals surface area contributed by atoms with E-state index in [-0.39, 0.29) is 11.7 Å². The van der Waals surface area contributed by atoms with E-state index < -0.39 is 0 Å². The lowest BCUT2D eigenvalue weighted by Gasteiger charge is -2.34. The normalized spacial score (nSPS) is 15.8. The Morgan fingerprint density at radius 2 is 1.73 bits per heavy atom. The van der Waals surface area contributed by atoms with Gasteiger partial charge in [-0.3, -0.25) is 9.69 Å². The van der Waals surface area contributed by atoms with E-state index in [0.29, 0.717) is 12.2 Å². The van der Waals surface area contributed by atoms with E-state index in [1.807, 2.05) is 13.0 Å². The van der Waals surface area contributed by atoms with Gasteiger partial charge in [-0.15, -0.1) is 0 Å². The Kier molecular flexibility index (Phi) is 6.36. The molecule has 5 heteroatoms. The Hall–Kier alpha value is -2.24. The summed E-state index contributed by atoms with van der Waals surface area (Å²) in [7, 11) is 0. The second-order valence-corrected chi connectivity index (χ2v) is 6.86. The summed E-state index contributed by atoms with van der Waals surface area (Å²) in [5.41, 5.74) is 2.78. The molecule has 1 aliphatic heterocycles. The molecule has 0 unspecified atom stereocenters. The van der Waals surface area contributed by atoms with E-state index in [1.54, 1.807) is 6.07 Å². The molecule has 3 rings (SSSR count). The van der Waals surface area contributed by atoms with Crippen LogP contribution in [0.3, 0.4) is 0 Å². The van der Waals surface area contributed by atoms with Crippen molar-refractivity contribution in [1.29, 1.82) is 0 Å². The van der Waals surface area contributed by atoms with Crippen molar-refractivity contribution < 1.29 is 9.18 Å². The fourth-order valence-corrected chi connectivity index (χ4v) is 3.22. The van der Waals surface area contributed by atoms with Crippen LogP contribution in [-0.4, -0.2) is 55.0 Å². The number of halogens is 1. The number of nitrogens with zero attached hydrogens (tertiary/aromatic N) is 2. The fourth-order valence-electron chi connectivity index (χ4n) is 3.22. The Balaban J connectivity index is 1.40. The van der Waals surface area contributed by atoms with Crippen LogP contribution in [0.25, 0.3) is 0 Å². The van der Waals surface area contributed by atoms with Gasteiger partial charge in [-0.05, 0) is 36.6 Å². The van der Waals surface area contributed by atoms with Crippen LogP contribution in [0.5, 0.6) is 0 Å².